The number of fused-ring (bicyclic) bond motifs is 1. The van der Waals surface area contributed by atoms with Crippen LogP contribution in [0, 0.1) is 18.3 Å². The zero-order chi connectivity index (χ0) is 15.0. The highest BCUT2D eigenvalue weighted by atomic mass is 32.2. The van der Waals surface area contributed by atoms with E-state index in [1.807, 2.05) is 18.4 Å². The second-order valence-electron chi connectivity index (χ2n) is 4.99. The van der Waals surface area contributed by atoms with Crippen LogP contribution < -0.4 is 0 Å². The van der Waals surface area contributed by atoms with Gasteiger partial charge in [0.25, 0.3) is 10.0 Å². The largest absolute Gasteiger partial charge is 0.267 e. The standard InChI is InChI=1S/C13H14N4O2S2/c1-10-5-13(20-9-10)21(18,19)16-3-2-4-17-12(8-16)6-11(7-14)15-17/h5-6,9H,2-4,8H2,1H3. The number of thiophene rings is 1. The summed E-state index contributed by atoms with van der Waals surface area (Å²) >= 11 is 1.24. The fourth-order valence-corrected chi connectivity index (χ4v) is 5.19. The molecule has 0 aliphatic carbocycles. The number of nitrogens with zero attached hydrogens (tertiary/aromatic N) is 4. The van der Waals surface area contributed by atoms with Gasteiger partial charge in [-0.25, -0.2) is 8.42 Å². The zero-order valence-corrected chi connectivity index (χ0v) is 13.1. The monoisotopic (exact) mass is 322 g/mol. The number of aryl methyl sites for hydroxylation is 2. The molecule has 0 saturated heterocycles. The highest BCUT2D eigenvalue weighted by molar-refractivity contribution is 7.91. The maximum Gasteiger partial charge on any atom is 0.252 e. The van der Waals surface area contributed by atoms with Crippen LogP contribution in [0.5, 0.6) is 0 Å². The third-order valence-corrected chi connectivity index (χ3v) is 6.77. The normalized spacial score (nSPS) is 16.2. The fourth-order valence-electron chi connectivity index (χ4n) is 2.36. The average Bonchev–Trinajstić information content (AvgIpc) is 3.00. The van der Waals surface area contributed by atoms with Gasteiger partial charge in [-0.2, -0.15) is 14.7 Å². The zero-order valence-electron chi connectivity index (χ0n) is 11.5. The Kier molecular flexibility index (Phi) is 3.57. The lowest BCUT2D eigenvalue weighted by Crippen LogP contribution is -2.30. The highest BCUT2D eigenvalue weighted by Crippen LogP contribution is 2.26. The summed E-state index contributed by atoms with van der Waals surface area (Å²) in [6.45, 7) is 3.23. The lowest BCUT2D eigenvalue weighted by Gasteiger charge is -2.18. The van der Waals surface area contributed by atoms with E-state index in [2.05, 4.69) is 5.10 Å². The van der Waals surface area contributed by atoms with Crippen molar-refractivity contribution in [3.05, 3.63) is 34.5 Å². The predicted octanol–water partition coefficient (Wildman–Crippen LogP) is 1.72. The van der Waals surface area contributed by atoms with Crippen LogP contribution in [0.4, 0.5) is 0 Å². The van der Waals surface area contributed by atoms with Gasteiger partial charge in [-0.1, -0.05) is 0 Å². The van der Waals surface area contributed by atoms with Gasteiger partial charge < -0.3 is 0 Å². The number of rotatable bonds is 2. The summed E-state index contributed by atoms with van der Waals surface area (Å²) in [5.74, 6) is 0. The second kappa shape index (κ2) is 5.26. The van der Waals surface area contributed by atoms with Gasteiger partial charge in [0, 0.05) is 13.1 Å². The van der Waals surface area contributed by atoms with Crippen LogP contribution >= 0.6 is 11.3 Å². The fraction of sp³-hybridized carbons (Fsp3) is 0.385. The SMILES string of the molecule is Cc1csc(S(=O)(=O)N2CCCn3nc(C#N)cc3C2)c1. The summed E-state index contributed by atoms with van der Waals surface area (Å²) in [5, 5.41) is 14.9. The summed E-state index contributed by atoms with van der Waals surface area (Å²) in [4.78, 5) is 0. The molecule has 0 unspecified atom stereocenters. The van der Waals surface area contributed by atoms with Crippen molar-refractivity contribution >= 4 is 21.4 Å². The van der Waals surface area contributed by atoms with Crippen LogP contribution in [-0.2, 0) is 23.1 Å². The first-order valence-corrected chi connectivity index (χ1v) is 8.85. The van der Waals surface area contributed by atoms with Crippen LogP contribution in [0.3, 0.4) is 0 Å². The number of aromatic nitrogens is 2. The third kappa shape index (κ3) is 2.60. The molecule has 21 heavy (non-hydrogen) atoms. The van der Waals surface area contributed by atoms with E-state index < -0.39 is 10.0 Å². The molecule has 110 valence electrons. The minimum Gasteiger partial charge on any atom is -0.267 e. The van der Waals surface area contributed by atoms with Crippen LogP contribution in [0.1, 0.15) is 23.4 Å². The van der Waals surface area contributed by atoms with E-state index in [4.69, 9.17) is 5.26 Å². The molecular weight excluding hydrogens is 308 g/mol. The molecule has 0 radical (unpaired) electrons. The Morgan fingerprint density at radius 3 is 2.86 bits per heavy atom. The summed E-state index contributed by atoms with van der Waals surface area (Å²) in [7, 11) is -3.48. The van der Waals surface area contributed by atoms with Crippen LogP contribution in [-0.4, -0.2) is 29.0 Å². The molecule has 0 bridgehead atoms. The Bertz CT molecular complexity index is 814. The average molecular weight is 322 g/mol. The van der Waals surface area contributed by atoms with Gasteiger partial charge >= 0.3 is 0 Å². The van der Waals surface area contributed by atoms with E-state index in [1.54, 1.807) is 16.8 Å². The molecule has 0 aromatic carbocycles. The van der Waals surface area contributed by atoms with Gasteiger partial charge in [0.2, 0.25) is 0 Å². The molecule has 1 aliphatic rings. The van der Waals surface area contributed by atoms with Crippen molar-refractivity contribution in [3.8, 4) is 6.07 Å². The van der Waals surface area contributed by atoms with E-state index in [1.165, 1.54) is 15.6 Å². The molecule has 2 aromatic heterocycles. The Morgan fingerprint density at radius 2 is 2.19 bits per heavy atom. The number of nitriles is 1. The molecule has 6 nitrogen and oxygen atoms in total. The minimum absolute atomic E-state index is 0.258. The van der Waals surface area contributed by atoms with Crippen LogP contribution in [0.15, 0.2) is 21.7 Å². The van der Waals surface area contributed by atoms with Crippen molar-refractivity contribution in [2.75, 3.05) is 6.54 Å². The molecular formula is C13H14N4O2S2. The van der Waals surface area contributed by atoms with Crippen molar-refractivity contribution in [2.45, 2.75) is 30.6 Å². The van der Waals surface area contributed by atoms with Gasteiger partial charge in [0.15, 0.2) is 5.69 Å². The predicted molar refractivity (Wildman–Crippen MR) is 78.2 cm³/mol. The lowest BCUT2D eigenvalue weighted by molar-refractivity contribution is 0.411. The van der Waals surface area contributed by atoms with Gasteiger partial charge in [-0.3, -0.25) is 4.68 Å². The highest BCUT2D eigenvalue weighted by Gasteiger charge is 2.28. The molecule has 0 amide bonds. The summed E-state index contributed by atoms with van der Waals surface area (Å²) in [5.41, 5.74) is 2.04. The van der Waals surface area contributed by atoms with E-state index in [-0.39, 0.29) is 6.54 Å². The molecule has 3 rings (SSSR count). The van der Waals surface area contributed by atoms with E-state index >= 15 is 0 Å². The summed E-state index contributed by atoms with van der Waals surface area (Å²) in [6.07, 6.45) is 0.684. The molecule has 3 heterocycles. The van der Waals surface area contributed by atoms with Crippen molar-refractivity contribution < 1.29 is 8.42 Å². The Labute approximate surface area is 127 Å². The van der Waals surface area contributed by atoms with Crippen molar-refractivity contribution in [2.24, 2.45) is 0 Å². The lowest BCUT2D eigenvalue weighted by atomic mass is 10.3. The topological polar surface area (TPSA) is 79.0 Å². The number of hydrogen-bond acceptors (Lipinski definition) is 5. The minimum atomic E-state index is -3.48. The van der Waals surface area contributed by atoms with Crippen molar-refractivity contribution in [1.82, 2.24) is 14.1 Å². The van der Waals surface area contributed by atoms with E-state index in [0.717, 1.165) is 11.3 Å². The third-order valence-electron chi connectivity index (χ3n) is 3.39. The molecule has 1 aliphatic heterocycles. The van der Waals surface area contributed by atoms with E-state index in [9.17, 15) is 8.42 Å². The van der Waals surface area contributed by atoms with Gasteiger partial charge in [-0.05, 0) is 36.4 Å². The first-order chi connectivity index (χ1) is 10.0. The molecule has 0 atom stereocenters. The van der Waals surface area contributed by atoms with E-state index in [0.29, 0.717) is 29.4 Å². The quantitative estimate of drug-likeness (QED) is 0.843. The second-order valence-corrected chi connectivity index (χ2v) is 8.07. The Morgan fingerprint density at radius 1 is 1.38 bits per heavy atom. The molecule has 0 N–H and O–H groups in total. The molecule has 0 saturated carbocycles. The Hall–Kier alpha value is -1.69. The number of hydrogen-bond donors (Lipinski definition) is 0. The number of sulfonamides is 1. The first kappa shape index (κ1) is 14.3. The van der Waals surface area contributed by atoms with Gasteiger partial charge in [0.1, 0.15) is 10.3 Å². The van der Waals surface area contributed by atoms with Gasteiger partial charge in [-0.15, -0.1) is 11.3 Å². The molecule has 0 fully saturated rings. The van der Waals surface area contributed by atoms with Crippen molar-refractivity contribution in [3.63, 3.8) is 0 Å². The first-order valence-electron chi connectivity index (χ1n) is 6.53. The van der Waals surface area contributed by atoms with Crippen LogP contribution in [0.25, 0.3) is 0 Å². The van der Waals surface area contributed by atoms with Crippen molar-refractivity contribution in [1.29, 1.82) is 5.26 Å². The Balaban J connectivity index is 1.94. The van der Waals surface area contributed by atoms with Crippen LogP contribution in [0.2, 0.25) is 0 Å². The summed E-state index contributed by atoms with van der Waals surface area (Å²) in [6, 6.07) is 5.35. The molecule has 0 spiro atoms. The van der Waals surface area contributed by atoms with Gasteiger partial charge in [0.05, 0.1) is 12.2 Å². The maximum atomic E-state index is 12.7. The maximum absolute atomic E-state index is 12.7. The summed E-state index contributed by atoms with van der Waals surface area (Å²) < 4.78 is 28.9. The molecule has 8 heteroatoms. The molecule has 2 aromatic rings. The smallest absolute Gasteiger partial charge is 0.252 e.